The highest BCUT2D eigenvalue weighted by atomic mass is 35.5. The molecule has 6 heteroatoms. The number of nitrogens with zero attached hydrogens (tertiary/aromatic N) is 1. The first-order chi connectivity index (χ1) is 11.1. The second-order valence-corrected chi connectivity index (χ2v) is 7.07. The summed E-state index contributed by atoms with van der Waals surface area (Å²) >= 11 is 7.90. The summed E-state index contributed by atoms with van der Waals surface area (Å²) in [5.41, 5.74) is 2.07. The third-order valence-electron chi connectivity index (χ3n) is 3.85. The van der Waals surface area contributed by atoms with Gasteiger partial charge in [-0.2, -0.15) is 0 Å². The van der Waals surface area contributed by atoms with Gasteiger partial charge in [0.1, 0.15) is 0 Å². The number of amides is 2. The summed E-state index contributed by atoms with van der Waals surface area (Å²) < 4.78 is 0. The van der Waals surface area contributed by atoms with Gasteiger partial charge in [0.2, 0.25) is 0 Å². The number of benzene rings is 1. The molecular formula is C17H18ClN3OS. The first-order valence-electron chi connectivity index (χ1n) is 7.52. The maximum Gasteiger partial charge on any atom is 0.315 e. The number of fused-ring (bicyclic) bond motifs is 1. The number of thioether (sulfide) groups is 1. The van der Waals surface area contributed by atoms with Gasteiger partial charge in [-0.25, -0.2) is 4.79 Å². The molecule has 3 rings (SSSR count). The first kappa shape index (κ1) is 16.1. The van der Waals surface area contributed by atoms with Gasteiger partial charge in [0.15, 0.2) is 0 Å². The third-order valence-corrected chi connectivity index (χ3v) is 5.21. The molecule has 0 saturated carbocycles. The van der Waals surface area contributed by atoms with Gasteiger partial charge in [-0.3, -0.25) is 4.98 Å². The quantitative estimate of drug-likeness (QED) is 0.868. The predicted octanol–water partition coefficient (Wildman–Crippen LogP) is 4.33. The highest BCUT2D eigenvalue weighted by Crippen LogP contribution is 2.37. The molecule has 0 radical (unpaired) electrons. The number of halogens is 1. The van der Waals surface area contributed by atoms with Gasteiger partial charge in [0.05, 0.1) is 12.1 Å². The summed E-state index contributed by atoms with van der Waals surface area (Å²) in [5.74, 6) is 0.984. The van der Waals surface area contributed by atoms with Gasteiger partial charge < -0.3 is 10.6 Å². The number of aromatic nitrogens is 1. The van der Waals surface area contributed by atoms with Crippen molar-refractivity contribution in [2.45, 2.75) is 30.3 Å². The summed E-state index contributed by atoms with van der Waals surface area (Å²) in [5, 5.41) is 6.72. The lowest BCUT2D eigenvalue weighted by Crippen LogP contribution is -2.40. The molecule has 0 unspecified atom stereocenters. The maximum atomic E-state index is 12.3. The standard InChI is InChI=1S/C17H18ClN3OS/c1-11(12-3-2-7-19-10-12)20-17(22)21-15-6-8-23-16-5-4-13(18)9-14(15)16/h2-5,7,9-11,15H,6,8H2,1H3,(H2,20,21,22)/t11-,15-/m1/s1. The minimum Gasteiger partial charge on any atom is -0.332 e. The Labute approximate surface area is 145 Å². The number of hydrogen-bond acceptors (Lipinski definition) is 3. The van der Waals surface area contributed by atoms with Crippen molar-refractivity contribution in [3.8, 4) is 0 Å². The first-order valence-corrected chi connectivity index (χ1v) is 8.89. The Morgan fingerprint density at radius 3 is 3.09 bits per heavy atom. The fraction of sp³-hybridized carbons (Fsp3) is 0.294. The topological polar surface area (TPSA) is 54.0 Å². The fourth-order valence-corrected chi connectivity index (χ4v) is 3.91. The van der Waals surface area contributed by atoms with Gasteiger partial charge in [-0.15, -0.1) is 11.8 Å². The van der Waals surface area contributed by atoms with Gasteiger partial charge in [0, 0.05) is 28.1 Å². The molecule has 0 bridgehead atoms. The number of carbonyl (C=O) groups is 1. The molecule has 2 N–H and O–H groups in total. The summed E-state index contributed by atoms with van der Waals surface area (Å²) in [6, 6.07) is 9.38. The zero-order valence-electron chi connectivity index (χ0n) is 12.8. The average molecular weight is 348 g/mol. The molecule has 0 saturated heterocycles. The van der Waals surface area contributed by atoms with E-state index < -0.39 is 0 Å². The van der Waals surface area contributed by atoms with E-state index in [1.54, 1.807) is 24.2 Å². The van der Waals surface area contributed by atoms with Crippen LogP contribution >= 0.6 is 23.4 Å². The molecule has 2 aromatic rings. The van der Waals surface area contributed by atoms with E-state index in [4.69, 9.17) is 11.6 Å². The van der Waals surface area contributed by atoms with Crippen molar-refractivity contribution in [2.75, 3.05) is 5.75 Å². The van der Waals surface area contributed by atoms with Crippen molar-refractivity contribution < 1.29 is 4.79 Å². The van der Waals surface area contributed by atoms with Crippen LogP contribution in [-0.2, 0) is 0 Å². The molecular weight excluding hydrogens is 330 g/mol. The van der Waals surface area contributed by atoms with E-state index in [1.807, 2.05) is 37.3 Å². The van der Waals surface area contributed by atoms with Crippen LogP contribution in [0.4, 0.5) is 4.79 Å². The van der Waals surface area contributed by atoms with Gasteiger partial charge >= 0.3 is 6.03 Å². The van der Waals surface area contributed by atoms with E-state index in [0.29, 0.717) is 5.02 Å². The van der Waals surface area contributed by atoms with Crippen LogP contribution in [0.2, 0.25) is 5.02 Å². The van der Waals surface area contributed by atoms with Crippen LogP contribution in [0.15, 0.2) is 47.6 Å². The van der Waals surface area contributed by atoms with E-state index in [0.717, 1.165) is 23.3 Å². The molecule has 0 fully saturated rings. The van der Waals surface area contributed by atoms with E-state index >= 15 is 0 Å². The van der Waals surface area contributed by atoms with Gasteiger partial charge in [-0.1, -0.05) is 17.7 Å². The van der Waals surface area contributed by atoms with E-state index in [1.165, 1.54) is 4.90 Å². The van der Waals surface area contributed by atoms with Crippen molar-refractivity contribution in [1.29, 1.82) is 0 Å². The molecule has 23 heavy (non-hydrogen) atoms. The third kappa shape index (κ3) is 3.98. The molecule has 4 nitrogen and oxygen atoms in total. The normalized spacial score (nSPS) is 17.9. The van der Waals surface area contributed by atoms with Crippen molar-refractivity contribution in [3.05, 3.63) is 58.9 Å². The molecule has 1 aromatic heterocycles. The van der Waals surface area contributed by atoms with Gasteiger partial charge in [0.25, 0.3) is 0 Å². The van der Waals surface area contributed by atoms with E-state index in [2.05, 4.69) is 15.6 Å². The van der Waals surface area contributed by atoms with E-state index in [9.17, 15) is 4.79 Å². The Hall–Kier alpha value is -1.72. The second kappa shape index (κ2) is 7.23. The maximum absolute atomic E-state index is 12.3. The Bertz CT molecular complexity index is 695. The lowest BCUT2D eigenvalue weighted by molar-refractivity contribution is 0.233. The van der Waals surface area contributed by atoms with Crippen molar-refractivity contribution in [3.63, 3.8) is 0 Å². The monoisotopic (exact) mass is 347 g/mol. The fourth-order valence-electron chi connectivity index (χ4n) is 2.63. The van der Waals surface area contributed by atoms with Crippen LogP contribution in [0.5, 0.6) is 0 Å². The van der Waals surface area contributed by atoms with Crippen LogP contribution in [0, 0.1) is 0 Å². The summed E-state index contributed by atoms with van der Waals surface area (Å²) in [4.78, 5) is 17.6. The molecule has 1 aliphatic rings. The largest absolute Gasteiger partial charge is 0.332 e. The van der Waals surface area contributed by atoms with Crippen LogP contribution in [0.25, 0.3) is 0 Å². The Morgan fingerprint density at radius 2 is 2.30 bits per heavy atom. The minimum atomic E-state index is -0.177. The number of nitrogens with one attached hydrogen (secondary N) is 2. The molecule has 1 aromatic carbocycles. The molecule has 2 heterocycles. The number of rotatable bonds is 3. The Morgan fingerprint density at radius 1 is 1.43 bits per heavy atom. The lowest BCUT2D eigenvalue weighted by atomic mass is 10.0. The minimum absolute atomic E-state index is 0.00829. The second-order valence-electron chi connectivity index (χ2n) is 5.50. The predicted molar refractivity (Wildman–Crippen MR) is 93.9 cm³/mol. The summed E-state index contributed by atoms with van der Waals surface area (Å²) in [6.07, 6.45) is 4.38. The number of urea groups is 1. The smallest absolute Gasteiger partial charge is 0.315 e. The Kier molecular flexibility index (Phi) is 5.08. The summed E-state index contributed by atoms with van der Waals surface area (Å²) in [7, 11) is 0. The highest BCUT2D eigenvalue weighted by Gasteiger charge is 2.23. The van der Waals surface area contributed by atoms with Crippen LogP contribution in [0.3, 0.4) is 0 Å². The molecule has 0 spiro atoms. The number of pyridine rings is 1. The zero-order valence-corrected chi connectivity index (χ0v) is 14.3. The van der Waals surface area contributed by atoms with Gasteiger partial charge in [-0.05, 0) is 48.7 Å². The molecule has 1 aliphatic heterocycles. The van der Waals surface area contributed by atoms with Crippen molar-refractivity contribution >= 4 is 29.4 Å². The van der Waals surface area contributed by atoms with Crippen LogP contribution in [-0.4, -0.2) is 16.8 Å². The van der Waals surface area contributed by atoms with E-state index in [-0.39, 0.29) is 18.1 Å². The SMILES string of the molecule is C[C@@H](NC(=O)N[C@@H]1CCSc2ccc(Cl)cc21)c1cccnc1. The van der Waals surface area contributed by atoms with Crippen LogP contribution in [0.1, 0.15) is 36.6 Å². The zero-order chi connectivity index (χ0) is 16.2. The highest BCUT2D eigenvalue weighted by molar-refractivity contribution is 7.99. The van der Waals surface area contributed by atoms with Crippen molar-refractivity contribution in [2.24, 2.45) is 0 Å². The summed E-state index contributed by atoms with van der Waals surface area (Å²) in [6.45, 7) is 1.94. The lowest BCUT2D eigenvalue weighted by Gasteiger charge is -2.27. The molecule has 2 atom stereocenters. The molecule has 2 amide bonds. The molecule has 0 aliphatic carbocycles. The Balaban J connectivity index is 1.66. The average Bonchev–Trinajstić information content (AvgIpc) is 2.56. The number of hydrogen-bond donors (Lipinski definition) is 2. The number of carbonyl (C=O) groups excluding carboxylic acids is 1. The van der Waals surface area contributed by atoms with Crippen molar-refractivity contribution in [1.82, 2.24) is 15.6 Å². The van der Waals surface area contributed by atoms with Crippen LogP contribution < -0.4 is 10.6 Å². The molecule has 120 valence electrons.